The van der Waals surface area contributed by atoms with Crippen molar-refractivity contribution in [2.75, 3.05) is 21.3 Å². The highest BCUT2D eigenvalue weighted by atomic mass is 16.6. The van der Waals surface area contributed by atoms with E-state index in [-0.39, 0.29) is 0 Å². The molecule has 0 aromatic heterocycles. The topological polar surface area (TPSA) is 74.2 Å². The maximum atomic E-state index is 12.2. The van der Waals surface area contributed by atoms with E-state index in [0.717, 1.165) is 0 Å². The van der Waals surface area contributed by atoms with E-state index in [2.05, 4.69) is 0 Å². The Morgan fingerprint density at radius 3 is 2.25 bits per heavy atom. The summed E-state index contributed by atoms with van der Waals surface area (Å²) in [5, 5.41) is 10.7. The lowest BCUT2D eigenvalue weighted by Crippen LogP contribution is -2.11. The molecule has 1 aliphatic rings. The van der Waals surface area contributed by atoms with Crippen molar-refractivity contribution < 1.29 is 28.8 Å². The SMILES string of the molecule is COc1ccc(C(O)C2OC(=O)c3c(OC)cc(OC)cc32)cc1. The van der Waals surface area contributed by atoms with Crippen molar-refractivity contribution in [3.63, 3.8) is 0 Å². The number of carbonyl (C=O) groups excluding carboxylic acids is 1. The molecule has 1 N–H and O–H groups in total. The van der Waals surface area contributed by atoms with Crippen molar-refractivity contribution in [1.29, 1.82) is 0 Å². The Morgan fingerprint density at radius 2 is 1.67 bits per heavy atom. The quantitative estimate of drug-likeness (QED) is 0.850. The van der Waals surface area contributed by atoms with Crippen molar-refractivity contribution in [3.05, 3.63) is 53.1 Å². The van der Waals surface area contributed by atoms with E-state index in [4.69, 9.17) is 18.9 Å². The average Bonchev–Trinajstić information content (AvgIpc) is 2.97. The number of aliphatic hydroxyl groups excluding tert-OH is 1. The van der Waals surface area contributed by atoms with Crippen LogP contribution >= 0.6 is 0 Å². The molecule has 1 aliphatic heterocycles. The van der Waals surface area contributed by atoms with Gasteiger partial charge in [-0.1, -0.05) is 12.1 Å². The Bertz CT molecular complexity index is 753. The molecule has 0 bridgehead atoms. The summed E-state index contributed by atoms with van der Waals surface area (Å²) in [5.74, 6) is 1.04. The van der Waals surface area contributed by atoms with Crippen LogP contribution in [0.4, 0.5) is 0 Å². The lowest BCUT2D eigenvalue weighted by molar-refractivity contribution is -0.0103. The summed E-state index contributed by atoms with van der Waals surface area (Å²) >= 11 is 0. The molecule has 2 aromatic rings. The van der Waals surface area contributed by atoms with Gasteiger partial charge in [-0.2, -0.15) is 0 Å². The number of aliphatic hydroxyl groups is 1. The number of ether oxygens (including phenoxy) is 4. The maximum absolute atomic E-state index is 12.2. The van der Waals surface area contributed by atoms with Gasteiger partial charge in [0.25, 0.3) is 0 Å². The van der Waals surface area contributed by atoms with E-state index in [1.165, 1.54) is 14.2 Å². The van der Waals surface area contributed by atoms with Gasteiger partial charge in [0.1, 0.15) is 28.9 Å². The highest BCUT2D eigenvalue weighted by molar-refractivity contribution is 5.97. The number of fused-ring (bicyclic) bond motifs is 1. The van der Waals surface area contributed by atoms with Crippen molar-refractivity contribution in [1.82, 2.24) is 0 Å². The highest BCUT2D eigenvalue weighted by Crippen LogP contribution is 2.45. The zero-order chi connectivity index (χ0) is 17.3. The Hall–Kier alpha value is -2.73. The summed E-state index contributed by atoms with van der Waals surface area (Å²) in [7, 11) is 4.56. The van der Waals surface area contributed by atoms with Crippen molar-refractivity contribution in [3.8, 4) is 17.2 Å². The first kappa shape index (κ1) is 16.1. The molecule has 24 heavy (non-hydrogen) atoms. The molecule has 126 valence electrons. The molecule has 2 aromatic carbocycles. The van der Waals surface area contributed by atoms with Gasteiger partial charge in [-0.05, 0) is 23.8 Å². The average molecular weight is 330 g/mol. The molecule has 2 atom stereocenters. The van der Waals surface area contributed by atoms with E-state index in [1.807, 2.05) is 0 Å². The molecular weight excluding hydrogens is 312 g/mol. The van der Waals surface area contributed by atoms with Gasteiger partial charge in [0.05, 0.1) is 21.3 Å². The standard InChI is InChI=1S/C18H18O6/c1-21-11-6-4-10(5-7-11)16(19)17-13-8-12(22-2)9-14(23-3)15(13)18(20)24-17/h4-9,16-17,19H,1-3H3. The van der Waals surface area contributed by atoms with Crippen LogP contribution in [0.2, 0.25) is 0 Å². The van der Waals surface area contributed by atoms with Crippen LogP contribution in [0.5, 0.6) is 17.2 Å². The van der Waals surface area contributed by atoms with Crippen LogP contribution in [-0.2, 0) is 4.74 Å². The summed E-state index contributed by atoms with van der Waals surface area (Å²) < 4.78 is 21.0. The van der Waals surface area contributed by atoms with Crippen LogP contribution in [0.1, 0.15) is 33.7 Å². The lowest BCUT2D eigenvalue weighted by atomic mass is 9.96. The van der Waals surface area contributed by atoms with E-state index >= 15 is 0 Å². The third-order valence-corrected chi connectivity index (χ3v) is 4.05. The van der Waals surface area contributed by atoms with E-state index in [9.17, 15) is 9.90 Å². The summed E-state index contributed by atoms with van der Waals surface area (Å²) in [6.45, 7) is 0. The van der Waals surface area contributed by atoms with Gasteiger partial charge in [-0.25, -0.2) is 4.79 Å². The minimum Gasteiger partial charge on any atom is -0.497 e. The molecule has 0 aliphatic carbocycles. The second kappa shape index (κ2) is 6.41. The molecule has 0 spiro atoms. The monoisotopic (exact) mass is 330 g/mol. The molecule has 0 amide bonds. The van der Waals surface area contributed by atoms with Gasteiger partial charge in [-0.15, -0.1) is 0 Å². The Labute approximate surface area is 139 Å². The van der Waals surface area contributed by atoms with Crippen molar-refractivity contribution >= 4 is 5.97 Å². The number of cyclic esters (lactones) is 1. The third-order valence-electron chi connectivity index (χ3n) is 4.05. The highest BCUT2D eigenvalue weighted by Gasteiger charge is 2.39. The molecule has 0 radical (unpaired) electrons. The van der Waals surface area contributed by atoms with Gasteiger partial charge in [0.2, 0.25) is 0 Å². The van der Waals surface area contributed by atoms with Crippen LogP contribution in [0.15, 0.2) is 36.4 Å². The molecule has 0 fully saturated rings. The Kier molecular flexibility index (Phi) is 4.31. The minimum atomic E-state index is -1.02. The summed E-state index contributed by atoms with van der Waals surface area (Å²) in [4.78, 5) is 12.2. The number of benzene rings is 2. The van der Waals surface area contributed by atoms with Gasteiger partial charge in [0.15, 0.2) is 6.10 Å². The lowest BCUT2D eigenvalue weighted by Gasteiger charge is -2.19. The van der Waals surface area contributed by atoms with Crippen LogP contribution in [0.3, 0.4) is 0 Å². The van der Waals surface area contributed by atoms with Gasteiger partial charge < -0.3 is 24.1 Å². The third kappa shape index (κ3) is 2.65. The molecule has 0 saturated carbocycles. The molecule has 6 nitrogen and oxygen atoms in total. The summed E-state index contributed by atoms with van der Waals surface area (Å²) in [5.41, 5.74) is 1.47. The fourth-order valence-electron chi connectivity index (χ4n) is 2.78. The predicted octanol–water partition coefficient (Wildman–Crippen LogP) is 2.66. The smallest absolute Gasteiger partial charge is 0.343 e. The second-order valence-electron chi connectivity index (χ2n) is 5.34. The van der Waals surface area contributed by atoms with Crippen LogP contribution in [0.25, 0.3) is 0 Å². The first-order chi connectivity index (χ1) is 11.6. The fraction of sp³-hybridized carbons (Fsp3) is 0.278. The van der Waals surface area contributed by atoms with Gasteiger partial charge in [-0.3, -0.25) is 0 Å². The van der Waals surface area contributed by atoms with E-state index < -0.39 is 18.2 Å². The number of rotatable bonds is 5. The molecule has 3 rings (SSSR count). The van der Waals surface area contributed by atoms with Crippen LogP contribution in [-0.4, -0.2) is 32.4 Å². The van der Waals surface area contributed by atoms with Crippen LogP contribution < -0.4 is 14.2 Å². The normalized spacial score (nSPS) is 17.0. The zero-order valence-electron chi connectivity index (χ0n) is 13.6. The van der Waals surface area contributed by atoms with E-state index in [1.54, 1.807) is 43.5 Å². The number of carbonyl (C=O) groups is 1. The van der Waals surface area contributed by atoms with Gasteiger partial charge >= 0.3 is 5.97 Å². The number of esters is 1. The Balaban J connectivity index is 2.01. The summed E-state index contributed by atoms with van der Waals surface area (Å²) in [6.07, 6.45) is -1.84. The largest absolute Gasteiger partial charge is 0.497 e. The van der Waals surface area contributed by atoms with Crippen molar-refractivity contribution in [2.24, 2.45) is 0 Å². The van der Waals surface area contributed by atoms with Gasteiger partial charge in [0, 0.05) is 11.6 Å². The molecule has 2 unspecified atom stereocenters. The second-order valence-corrected chi connectivity index (χ2v) is 5.34. The molecule has 6 heteroatoms. The first-order valence-electron chi connectivity index (χ1n) is 7.38. The minimum absolute atomic E-state index is 0.316. The molecule has 1 heterocycles. The summed E-state index contributed by atoms with van der Waals surface area (Å²) in [6, 6.07) is 10.2. The fourth-order valence-corrected chi connectivity index (χ4v) is 2.78. The van der Waals surface area contributed by atoms with Crippen LogP contribution in [0, 0.1) is 0 Å². The van der Waals surface area contributed by atoms with E-state index in [0.29, 0.717) is 33.9 Å². The first-order valence-corrected chi connectivity index (χ1v) is 7.38. The number of methoxy groups -OCH3 is 3. The molecule has 0 saturated heterocycles. The number of hydrogen-bond donors (Lipinski definition) is 1. The van der Waals surface area contributed by atoms with Crippen molar-refractivity contribution in [2.45, 2.75) is 12.2 Å². The number of hydrogen-bond acceptors (Lipinski definition) is 6. The zero-order valence-corrected chi connectivity index (χ0v) is 13.6. The Morgan fingerprint density at radius 1 is 1.00 bits per heavy atom. The maximum Gasteiger partial charge on any atom is 0.343 e. The predicted molar refractivity (Wildman–Crippen MR) is 85.7 cm³/mol. The molecular formula is C18H18O6.